The Bertz CT molecular complexity index is 1180. The van der Waals surface area contributed by atoms with Crippen molar-refractivity contribution < 1.29 is 9.18 Å². The first kappa shape index (κ1) is 16.6. The van der Waals surface area contributed by atoms with Crippen molar-refractivity contribution in [2.24, 2.45) is 0 Å². The highest BCUT2D eigenvalue weighted by molar-refractivity contribution is 6.15. The number of rotatable bonds is 5. The van der Waals surface area contributed by atoms with Crippen molar-refractivity contribution in [3.8, 4) is 0 Å². The number of fused-ring (bicyclic) bond motifs is 1. The van der Waals surface area contributed by atoms with E-state index in [0.717, 1.165) is 11.4 Å². The number of aromatic amines is 1. The highest BCUT2D eigenvalue weighted by atomic mass is 19.1. The van der Waals surface area contributed by atoms with Crippen molar-refractivity contribution in [2.75, 3.05) is 5.32 Å². The van der Waals surface area contributed by atoms with Crippen molar-refractivity contribution in [1.29, 1.82) is 0 Å². The lowest BCUT2D eigenvalue weighted by molar-refractivity contribution is 0.103. The summed E-state index contributed by atoms with van der Waals surface area (Å²) in [5, 5.41) is 3.67. The molecule has 1 saturated carbocycles. The van der Waals surface area contributed by atoms with Gasteiger partial charge in [-0.3, -0.25) is 9.78 Å². The number of nitrogens with zero attached hydrogens (tertiary/aromatic N) is 3. The zero-order valence-electron chi connectivity index (χ0n) is 14.8. The molecule has 0 spiro atoms. The van der Waals surface area contributed by atoms with E-state index in [1.165, 1.54) is 18.9 Å². The first-order valence-corrected chi connectivity index (χ1v) is 9.05. The monoisotopic (exact) mass is 373 g/mol. The Labute approximate surface area is 159 Å². The third-order valence-corrected chi connectivity index (χ3v) is 4.84. The van der Waals surface area contributed by atoms with Crippen LogP contribution in [0.4, 0.5) is 15.9 Å². The molecule has 4 heterocycles. The molecule has 1 aliphatic rings. The number of carbonyl (C=O) groups excluding carboxylic acids is 1. The van der Waals surface area contributed by atoms with Crippen LogP contribution >= 0.6 is 0 Å². The number of carbonyl (C=O) groups is 1. The average Bonchev–Trinajstić information content (AvgIpc) is 3.47. The number of ketones is 1. The molecule has 5 rings (SSSR count). The van der Waals surface area contributed by atoms with Gasteiger partial charge in [0.05, 0.1) is 17.4 Å². The minimum atomic E-state index is -0.823. The molecule has 0 atom stereocenters. The van der Waals surface area contributed by atoms with E-state index in [0.29, 0.717) is 28.3 Å². The van der Waals surface area contributed by atoms with Crippen molar-refractivity contribution in [3.05, 3.63) is 77.8 Å². The summed E-state index contributed by atoms with van der Waals surface area (Å²) in [4.78, 5) is 28.2. The molecule has 0 aromatic carbocycles. The van der Waals surface area contributed by atoms with Gasteiger partial charge in [-0.15, -0.1) is 0 Å². The second-order valence-corrected chi connectivity index (χ2v) is 6.84. The van der Waals surface area contributed by atoms with Gasteiger partial charge in [-0.2, -0.15) is 4.39 Å². The predicted octanol–water partition coefficient (Wildman–Crippen LogP) is 4.34. The van der Waals surface area contributed by atoms with Crippen LogP contribution < -0.4 is 5.32 Å². The lowest BCUT2D eigenvalue weighted by atomic mass is 10.0. The smallest absolute Gasteiger partial charge is 0.226 e. The molecule has 0 saturated heterocycles. The summed E-state index contributed by atoms with van der Waals surface area (Å²) in [6.45, 7) is 0. The molecule has 2 N–H and O–H groups in total. The van der Waals surface area contributed by atoms with Crippen LogP contribution in [-0.4, -0.2) is 25.7 Å². The lowest BCUT2D eigenvalue weighted by Gasteiger charge is -2.08. The SMILES string of the molecule is O=C(c1ccc(Nc2ccc(C3CC3)nc2)nc1F)c1c[nH]c2ncccc12. The van der Waals surface area contributed by atoms with Crippen LogP contribution in [0.15, 0.2) is 55.0 Å². The van der Waals surface area contributed by atoms with Crippen LogP contribution in [0.25, 0.3) is 11.0 Å². The standard InChI is InChI=1S/C21H16FN5O/c22-20-15(19(28)16-11-25-21-14(16)2-1-9-23-21)6-8-18(27-20)26-13-5-7-17(24-10-13)12-3-4-12/h1-2,5-12H,3-4H2,(H,23,25)(H,26,27). The molecule has 4 aromatic heterocycles. The number of halogens is 1. The van der Waals surface area contributed by atoms with E-state index >= 15 is 0 Å². The Hall–Kier alpha value is -3.61. The highest BCUT2D eigenvalue weighted by Crippen LogP contribution is 2.39. The Kier molecular flexibility index (Phi) is 3.86. The fourth-order valence-electron chi connectivity index (χ4n) is 3.21. The molecule has 0 unspecified atom stereocenters. The molecule has 138 valence electrons. The normalized spacial score (nSPS) is 13.6. The van der Waals surface area contributed by atoms with Gasteiger partial charge in [0, 0.05) is 35.0 Å². The maximum absolute atomic E-state index is 14.6. The largest absolute Gasteiger partial charge is 0.345 e. The average molecular weight is 373 g/mol. The van der Waals surface area contributed by atoms with E-state index in [1.54, 1.807) is 36.8 Å². The summed E-state index contributed by atoms with van der Waals surface area (Å²) >= 11 is 0. The Morgan fingerprint density at radius 1 is 1.11 bits per heavy atom. The number of anilines is 2. The molecule has 1 aliphatic carbocycles. The molecule has 28 heavy (non-hydrogen) atoms. The topological polar surface area (TPSA) is 83.6 Å². The third kappa shape index (κ3) is 3.00. The molecule has 0 bridgehead atoms. The van der Waals surface area contributed by atoms with Crippen LogP contribution in [0.1, 0.15) is 40.4 Å². The molecule has 7 heteroatoms. The number of hydrogen-bond donors (Lipinski definition) is 2. The van der Waals surface area contributed by atoms with Gasteiger partial charge in [0.2, 0.25) is 5.95 Å². The van der Waals surface area contributed by atoms with E-state index in [-0.39, 0.29) is 5.56 Å². The molecule has 0 radical (unpaired) electrons. The molecule has 1 fully saturated rings. The Morgan fingerprint density at radius 3 is 2.75 bits per heavy atom. The fraction of sp³-hybridized carbons (Fsp3) is 0.143. The zero-order valence-corrected chi connectivity index (χ0v) is 14.8. The molecule has 0 aliphatic heterocycles. The second-order valence-electron chi connectivity index (χ2n) is 6.84. The molecule has 4 aromatic rings. The molecule has 0 amide bonds. The van der Waals surface area contributed by atoms with Gasteiger partial charge >= 0.3 is 0 Å². The summed E-state index contributed by atoms with van der Waals surface area (Å²) in [6, 6.07) is 10.4. The second kappa shape index (κ2) is 6.53. The van der Waals surface area contributed by atoms with Crippen LogP contribution in [-0.2, 0) is 0 Å². The van der Waals surface area contributed by atoms with Crippen molar-refractivity contribution in [1.82, 2.24) is 19.9 Å². The van der Waals surface area contributed by atoms with E-state index < -0.39 is 11.7 Å². The number of aromatic nitrogens is 4. The number of H-pyrrole nitrogens is 1. The van der Waals surface area contributed by atoms with Gasteiger partial charge < -0.3 is 10.3 Å². The maximum Gasteiger partial charge on any atom is 0.226 e. The van der Waals surface area contributed by atoms with E-state index in [2.05, 4.69) is 25.3 Å². The molecular formula is C21H16FN5O. The number of nitrogens with one attached hydrogen (secondary N) is 2. The summed E-state index contributed by atoms with van der Waals surface area (Å²) in [5.41, 5.74) is 2.67. The van der Waals surface area contributed by atoms with Crippen LogP contribution in [0, 0.1) is 5.95 Å². The summed E-state index contributed by atoms with van der Waals surface area (Å²) < 4.78 is 14.6. The quantitative estimate of drug-likeness (QED) is 0.401. The molecule has 6 nitrogen and oxygen atoms in total. The van der Waals surface area contributed by atoms with Crippen LogP contribution in [0.5, 0.6) is 0 Å². The Morgan fingerprint density at radius 2 is 2.00 bits per heavy atom. The minimum Gasteiger partial charge on any atom is -0.345 e. The third-order valence-electron chi connectivity index (χ3n) is 4.84. The van der Waals surface area contributed by atoms with Gasteiger partial charge in [0.25, 0.3) is 0 Å². The molecular weight excluding hydrogens is 357 g/mol. The summed E-state index contributed by atoms with van der Waals surface area (Å²) in [7, 11) is 0. The highest BCUT2D eigenvalue weighted by Gasteiger charge is 2.24. The van der Waals surface area contributed by atoms with Gasteiger partial charge in [0.15, 0.2) is 5.78 Å². The summed E-state index contributed by atoms with van der Waals surface area (Å²) in [6.07, 6.45) is 7.26. The van der Waals surface area contributed by atoms with Crippen LogP contribution in [0.3, 0.4) is 0 Å². The predicted molar refractivity (Wildman–Crippen MR) is 103 cm³/mol. The minimum absolute atomic E-state index is 0.0856. The first-order chi connectivity index (χ1) is 13.7. The van der Waals surface area contributed by atoms with E-state index in [4.69, 9.17) is 0 Å². The Balaban J connectivity index is 1.39. The number of hydrogen-bond acceptors (Lipinski definition) is 5. The van der Waals surface area contributed by atoms with Gasteiger partial charge in [-0.25, -0.2) is 9.97 Å². The van der Waals surface area contributed by atoms with E-state index in [9.17, 15) is 9.18 Å². The maximum atomic E-state index is 14.6. The van der Waals surface area contributed by atoms with Crippen LogP contribution in [0.2, 0.25) is 0 Å². The number of pyridine rings is 3. The summed E-state index contributed by atoms with van der Waals surface area (Å²) in [5.74, 6) is -0.368. The lowest BCUT2D eigenvalue weighted by Crippen LogP contribution is -2.07. The zero-order chi connectivity index (χ0) is 19.1. The van der Waals surface area contributed by atoms with Gasteiger partial charge in [-0.1, -0.05) is 0 Å². The van der Waals surface area contributed by atoms with E-state index in [1.807, 2.05) is 12.1 Å². The first-order valence-electron chi connectivity index (χ1n) is 9.05. The van der Waals surface area contributed by atoms with Gasteiger partial charge in [0.1, 0.15) is 11.5 Å². The van der Waals surface area contributed by atoms with Crippen molar-refractivity contribution in [3.63, 3.8) is 0 Å². The van der Waals surface area contributed by atoms with Crippen molar-refractivity contribution in [2.45, 2.75) is 18.8 Å². The van der Waals surface area contributed by atoms with Crippen molar-refractivity contribution >= 4 is 28.3 Å². The fourth-order valence-corrected chi connectivity index (χ4v) is 3.21. The van der Waals surface area contributed by atoms with Gasteiger partial charge in [-0.05, 0) is 49.2 Å².